The van der Waals surface area contributed by atoms with Crippen LogP contribution < -0.4 is 0 Å². The Hall–Kier alpha value is -1.56. The molecule has 1 aromatic carbocycles. The molecule has 0 N–H and O–H groups in total. The van der Waals surface area contributed by atoms with Crippen LogP contribution in [0.2, 0.25) is 0 Å². The van der Waals surface area contributed by atoms with Crippen molar-refractivity contribution >= 4 is 6.08 Å². The van der Waals surface area contributed by atoms with Crippen LogP contribution in [-0.4, -0.2) is 0 Å². The Morgan fingerprint density at radius 2 is 1.94 bits per heavy atom. The van der Waals surface area contributed by atoms with E-state index in [1.54, 1.807) is 0 Å². The first-order chi connectivity index (χ1) is 8.68. The number of rotatable bonds is 7. The molecule has 18 heavy (non-hydrogen) atoms. The van der Waals surface area contributed by atoms with Crippen molar-refractivity contribution in [3.05, 3.63) is 66.3 Å². The first-order valence-electron chi connectivity index (χ1n) is 6.73. The zero-order valence-electron chi connectivity index (χ0n) is 11.6. The molecular weight excluding hydrogens is 216 g/mol. The van der Waals surface area contributed by atoms with Gasteiger partial charge in [-0.3, -0.25) is 0 Å². The van der Waals surface area contributed by atoms with E-state index in [2.05, 4.69) is 69.0 Å². The number of hydrogen-bond donors (Lipinski definition) is 0. The van der Waals surface area contributed by atoms with Crippen LogP contribution >= 0.6 is 0 Å². The lowest BCUT2D eigenvalue weighted by molar-refractivity contribution is 0.605. The third-order valence-electron chi connectivity index (χ3n) is 2.90. The van der Waals surface area contributed by atoms with Gasteiger partial charge in [0.25, 0.3) is 0 Å². The molecule has 0 bridgehead atoms. The average Bonchev–Trinajstić information content (AvgIpc) is 2.35. The summed E-state index contributed by atoms with van der Waals surface area (Å²) in [6.07, 6.45) is 12.3. The van der Waals surface area contributed by atoms with Crippen LogP contribution in [0.15, 0.2) is 60.7 Å². The highest BCUT2D eigenvalue weighted by Gasteiger charge is 1.96. The van der Waals surface area contributed by atoms with E-state index in [4.69, 9.17) is 0 Å². The standard InChI is InChI=1S/C18H24/c1-16(2)10-9-12-17(3)11-7-8-15-18-13-5-4-6-14-18/h4-8,11,13-15,17H,1,9-10,12H2,2-3H3/b11-7-,15-8-/t17-/m1/s1. The zero-order valence-corrected chi connectivity index (χ0v) is 11.6. The summed E-state index contributed by atoms with van der Waals surface area (Å²) >= 11 is 0. The van der Waals surface area contributed by atoms with Gasteiger partial charge < -0.3 is 0 Å². The molecule has 96 valence electrons. The van der Waals surface area contributed by atoms with Crippen LogP contribution in [0.25, 0.3) is 6.08 Å². The zero-order chi connectivity index (χ0) is 13.2. The van der Waals surface area contributed by atoms with Gasteiger partial charge in [-0.1, -0.05) is 67.1 Å². The van der Waals surface area contributed by atoms with Gasteiger partial charge >= 0.3 is 0 Å². The van der Waals surface area contributed by atoms with Crippen LogP contribution in [-0.2, 0) is 0 Å². The Morgan fingerprint density at radius 3 is 2.61 bits per heavy atom. The molecule has 1 aromatic rings. The van der Waals surface area contributed by atoms with Crippen LogP contribution in [0.1, 0.15) is 38.7 Å². The van der Waals surface area contributed by atoms with E-state index in [-0.39, 0.29) is 0 Å². The maximum Gasteiger partial charge on any atom is -0.0257 e. The van der Waals surface area contributed by atoms with Gasteiger partial charge in [0, 0.05) is 0 Å². The number of allylic oxidation sites excluding steroid dienone is 4. The summed E-state index contributed by atoms with van der Waals surface area (Å²) in [6.45, 7) is 8.30. The molecule has 0 aliphatic rings. The second-order valence-electron chi connectivity index (χ2n) is 4.98. The minimum atomic E-state index is 0.643. The third-order valence-corrected chi connectivity index (χ3v) is 2.90. The topological polar surface area (TPSA) is 0 Å². The molecular formula is C18H24. The number of benzene rings is 1. The van der Waals surface area contributed by atoms with Gasteiger partial charge in [-0.25, -0.2) is 0 Å². The van der Waals surface area contributed by atoms with E-state index in [1.165, 1.54) is 24.0 Å². The summed E-state index contributed by atoms with van der Waals surface area (Å²) < 4.78 is 0. The highest BCUT2D eigenvalue weighted by molar-refractivity contribution is 5.50. The molecule has 1 atom stereocenters. The van der Waals surface area contributed by atoms with E-state index in [0.29, 0.717) is 5.92 Å². The minimum absolute atomic E-state index is 0.643. The van der Waals surface area contributed by atoms with Crippen LogP contribution in [0.5, 0.6) is 0 Å². The van der Waals surface area contributed by atoms with Gasteiger partial charge in [0.2, 0.25) is 0 Å². The van der Waals surface area contributed by atoms with Gasteiger partial charge in [0.05, 0.1) is 0 Å². The molecule has 0 saturated heterocycles. The SMILES string of the molecule is C=C(C)CCC[C@H](C)/C=C\C=C/c1ccccc1. The molecule has 0 amide bonds. The summed E-state index contributed by atoms with van der Waals surface area (Å²) in [5, 5.41) is 0. The smallest absolute Gasteiger partial charge is 0.0257 e. The Kier molecular flexibility index (Phi) is 6.86. The van der Waals surface area contributed by atoms with E-state index in [1.807, 2.05) is 6.07 Å². The van der Waals surface area contributed by atoms with Gasteiger partial charge in [0.1, 0.15) is 0 Å². The molecule has 0 spiro atoms. The van der Waals surface area contributed by atoms with Crippen molar-refractivity contribution in [1.29, 1.82) is 0 Å². The molecule has 0 heterocycles. The third kappa shape index (κ3) is 6.90. The summed E-state index contributed by atoms with van der Waals surface area (Å²) in [5.74, 6) is 0.643. The fraction of sp³-hybridized carbons (Fsp3) is 0.333. The summed E-state index contributed by atoms with van der Waals surface area (Å²) in [5.41, 5.74) is 2.53. The highest BCUT2D eigenvalue weighted by Crippen LogP contribution is 2.12. The maximum atomic E-state index is 3.93. The van der Waals surface area contributed by atoms with E-state index < -0.39 is 0 Å². The fourth-order valence-electron chi connectivity index (χ4n) is 1.81. The Bertz CT molecular complexity index is 395. The van der Waals surface area contributed by atoms with Crippen LogP contribution in [0.3, 0.4) is 0 Å². The molecule has 0 unspecified atom stereocenters. The lowest BCUT2D eigenvalue weighted by Crippen LogP contribution is -1.89. The molecule has 0 aliphatic heterocycles. The Morgan fingerprint density at radius 1 is 1.22 bits per heavy atom. The van der Waals surface area contributed by atoms with Crippen molar-refractivity contribution < 1.29 is 0 Å². The lowest BCUT2D eigenvalue weighted by Gasteiger charge is -2.04. The van der Waals surface area contributed by atoms with Crippen LogP contribution in [0.4, 0.5) is 0 Å². The molecule has 1 rings (SSSR count). The largest absolute Gasteiger partial charge is 0.100 e. The fourth-order valence-corrected chi connectivity index (χ4v) is 1.81. The van der Waals surface area contributed by atoms with Crippen molar-refractivity contribution in [2.75, 3.05) is 0 Å². The Labute approximate surface area is 112 Å². The van der Waals surface area contributed by atoms with Gasteiger partial charge in [0.15, 0.2) is 0 Å². The first-order valence-corrected chi connectivity index (χ1v) is 6.73. The molecule has 0 aromatic heterocycles. The minimum Gasteiger partial charge on any atom is -0.100 e. The van der Waals surface area contributed by atoms with Crippen molar-refractivity contribution in [2.24, 2.45) is 5.92 Å². The summed E-state index contributed by atoms with van der Waals surface area (Å²) in [6, 6.07) is 10.4. The predicted octanol–water partition coefficient (Wildman–Crippen LogP) is 5.64. The molecule has 0 saturated carbocycles. The number of hydrogen-bond acceptors (Lipinski definition) is 0. The first kappa shape index (κ1) is 14.5. The molecule has 0 radical (unpaired) electrons. The van der Waals surface area contributed by atoms with Crippen molar-refractivity contribution in [1.82, 2.24) is 0 Å². The molecule has 0 heteroatoms. The highest BCUT2D eigenvalue weighted by atomic mass is 14.0. The Balaban J connectivity index is 2.27. The molecule has 0 fully saturated rings. The van der Waals surface area contributed by atoms with Gasteiger partial charge in [-0.2, -0.15) is 0 Å². The van der Waals surface area contributed by atoms with E-state index >= 15 is 0 Å². The molecule has 0 aliphatic carbocycles. The van der Waals surface area contributed by atoms with E-state index in [9.17, 15) is 0 Å². The predicted molar refractivity (Wildman–Crippen MR) is 82.4 cm³/mol. The monoisotopic (exact) mass is 240 g/mol. The second-order valence-corrected chi connectivity index (χ2v) is 4.98. The second kappa shape index (κ2) is 8.52. The quantitative estimate of drug-likeness (QED) is 0.427. The maximum absolute atomic E-state index is 3.93. The van der Waals surface area contributed by atoms with Gasteiger partial charge in [-0.15, -0.1) is 6.58 Å². The van der Waals surface area contributed by atoms with Crippen LogP contribution in [0, 0.1) is 5.92 Å². The van der Waals surface area contributed by atoms with E-state index in [0.717, 1.165) is 6.42 Å². The normalized spacial score (nSPS) is 13.2. The summed E-state index contributed by atoms with van der Waals surface area (Å²) in [7, 11) is 0. The van der Waals surface area contributed by atoms with Gasteiger partial charge in [-0.05, 0) is 37.7 Å². The summed E-state index contributed by atoms with van der Waals surface area (Å²) in [4.78, 5) is 0. The lowest BCUT2D eigenvalue weighted by atomic mass is 10.0. The average molecular weight is 240 g/mol. The van der Waals surface area contributed by atoms with Crippen molar-refractivity contribution in [2.45, 2.75) is 33.1 Å². The van der Waals surface area contributed by atoms with Crippen molar-refractivity contribution in [3.63, 3.8) is 0 Å². The van der Waals surface area contributed by atoms with Crippen molar-refractivity contribution in [3.8, 4) is 0 Å². The molecule has 0 nitrogen and oxygen atoms in total.